The van der Waals surface area contributed by atoms with Crippen LogP contribution in [0.1, 0.15) is 37.0 Å². The molecule has 1 heterocycles. The molecule has 7 heteroatoms. The second-order valence-electron chi connectivity index (χ2n) is 5.64. The molecule has 1 aliphatic rings. The number of hydrogen-bond acceptors (Lipinski definition) is 4. The molecule has 7 nitrogen and oxygen atoms in total. The van der Waals surface area contributed by atoms with Crippen LogP contribution in [0.5, 0.6) is 5.75 Å². The number of carbonyl (C=O) groups excluding carboxylic acids is 2. The van der Waals surface area contributed by atoms with Gasteiger partial charge >= 0.3 is 5.97 Å². The Morgan fingerprint density at radius 2 is 1.92 bits per heavy atom. The van der Waals surface area contributed by atoms with Gasteiger partial charge < -0.3 is 14.7 Å². The molecular weight excluding hydrogens is 312 g/mol. The Morgan fingerprint density at radius 1 is 1.25 bits per heavy atom. The lowest BCUT2D eigenvalue weighted by molar-refractivity contribution is -0.132. The van der Waals surface area contributed by atoms with Crippen molar-refractivity contribution in [1.29, 1.82) is 0 Å². The summed E-state index contributed by atoms with van der Waals surface area (Å²) in [5, 5.41) is 9.13. The van der Waals surface area contributed by atoms with E-state index in [0.717, 1.165) is 12.8 Å². The van der Waals surface area contributed by atoms with Gasteiger partial charge in [-0.15, -0.1) is 0 Å². The van der Waals surface area contributed by atoms with Gasteiger partial charge in [-0.25, -0.2) is 4.79 Å². The average molecular weight is 334 g/mol. The van der Waals surface area contributed by atoms with Crippen LogP contribution >= 0.6 is 0 Å². The number of ether oxygens (including phenoxy) is 1. The lowest BCUT2D eigenvalue weighted by atomic mass is 10.1. The largest absolute Gasteiger partial charge is 0.482 e. The normalized spacial score (nSPS) is 13.2. The van der Waals surface area contributed by atoms with E-state index in [1.807, 2.05) is 13.8 Å². The molecule has 1 aliphatic heterocycles. The Balaban J connectivity index is 2.26. The minimum atomic E-state index is -1.10. The molecule has 0 saturated carbocycles. The van der Waals surface area contributed by atoms with E-state index in [1.54, 1.807) is 4.90 Å². The van der Waals surface area contributed by atoms with Crippen LogP contribution in [-0.4, -0.2) is 54.0 Å². The van der Waals surface area contributed by atoms with Gasteiger partial charge in [0.25, 0.3) is 5.91 Å². The third-order valence-electron chi connectivity index (χ3n) is 3.78. The molecule has 130 valence electrons. The predicted octanol–water partition coefficient (Wildman–Crippen LogP) is 1.76. The van der Waals surface area contributed by atoms with Gasteiger partial charge in [-0.1, -0.05) is 13.8 Å². The summed E-state index contributed by atoms with van der Waals surface area (Å²) >= 11 is 0. The van der Waals surface area contributed by atoms with Crippen LogP contribution in [0.25, 0.3) is 0 Å². The lowest BCUT2D eigenvalue weighted by Gasteiger charge is -2.31. The molecule has 2 amide bonds. The summed E-state index contributed by atoms with van der Waals surface area (Å²) in [4.78, 5) is 38.9. The number of nitrogens with zero attached hydrogens (tertiary/aromatic N) is 2. The molecule has 0 spiro atoms. The maximum atomic E-state index is 12.5. The van der Waals surface area contributed by atoms with E-state index < -0.39 is 5.97 Å². The van der Waals surface area contributed by atoms with Gasteiger partial charge in [0.15, 0.2) is 6.61 Å². The zero-order valence-corrected chi connectivity index (χ0v) is 13.9. The molecule has 0 fully saturated rings. The molecule has 0 aliphatic carbocycles. The first-order chi connectivity index (χ1) is 11.5. The van der Waals surface area contributed by atoms with Gasteiger partial charge in [-0.2, -0.15) is 0 Å². The quantitative estimate of drug-likeness (QED) is 0.821. The summed E-state index contributed by atoms with van der Waals surface area (Å²) < 4.78 is 5.33. The molecule has 0 aromatic heterocycles. The smallest absolute Gasteiger partial charge is 0.335 e. The lowest BCUT2D eigenvalue weighted by Crippen LogP contribution is -2.46. The van der Waals surface area contributed by atoms with Crippen molar-refractivity contribution >= 4 is 23.5 Å². The van der Waals surface area contributed by atoms with Crippen molar-refractivity contribution in [2.45, 2.75) is 26.7 Å². The van der Waals surface area contributed by atoms with Crippen LogP contribution in [0.4, 0.5) is 5.69 Å². The van der Waals surface area contributed by atoms with Gasteiger partial charge in [0.1, 0.15) is 12.3 Å². The Kier molecular flexibility index (Phi) is 5.78. The molecule has 0 saturated heterocycles. The second kappa shape index (κ2) is 7.81. The Bertz CT molecular complexity index is 638. The summed E-state index contributed by atoms with van der Waals surface area (Å²) in [5.41, 5.74) is 0.371. The summed E-state index contributed by atoms with van der Waals surface area (Å²) in [6.45, 7) is 4.97. The molecule has 1 N–H and O–H groups in total. The number of amides is 2. The third-order valence-corrected chi connectivity index (χ3v) is 3.78. The summed E-state index contributed by atoms with van der Waals surface area (Å²) in [5.74, 6) is -1.20. The number of benzene rings is 1. The second-order valence-corrected chi connectivity index (χ2v) is 5.64. The fraction of sp³-hybridized carbons (Fsp3) is 0.471. The highest BCUT2D eigenvalue weighted by atomic mass is 16.5. The number of carboxylic acid groups (broad SMARTS) is 1. The Morgan fingerprint density at radius 3 is 2.50 bits per heavy atom. The van der Waals surface area contributed by atoms with E-state index >= 15 is 0 Å². The van der Waals surface area contributed by atoms with E-state index in [-0.39, 0.29) is 30.5 Å². The van der Waals surface area contributed by atoms with Crippen molar-refractivity contribution < 1.29 is 24.2 Å². The van der Waals surface area contributed by atoms with Crippen LogP contribution in [0.2, 0.25) is 0 Å². The van der Waals surface area contributed by atoms with Crippen LogP contribution in [0.15, 0.2) is 18.2 Å². The van der Waals surface area contributed by atoms with E-state index in [9.17, 15) is 14.4 Å². The molecule has 0 bridgehead atoms. The zero-order chi connectivity index (χ0) is 17.7. The van der Waals surface area contributed by atoms with Gasteiger partial charge in [-0.05, 0) is 31.0 Å². The molecule has 0 unspecified atom stereocenters. The van der Waals surface area contributed by atoms with Crippen LogP contribution in [-0.2, 0) is 9.59 Å². The van der Waals surface area contributed by atoms with Crippen molar-refractivity contribution in [1.82, 2.24) is 4.90 Å². The molecule has 0 atom stereocenters. The minimum absolute atomic E-state index is 0.0449. The monoisotopic (exact) mass is 334 g/mol. The fourth-order valence-electron chi connectivity index (χ4n) is 2.64. The maximum absolute atomic E-state index is 12.5. The number of carboxylic acids is 1. The van der Waals surface area contributed by atoms with E-state index in [0.29, 0.717) is 24.5 Å². The molecule has 1 aromatic carbocycles. The summed E-state index contributed by atoms with van der Waals surface area (Å²) in [7, 11) is 0. The number of hydrogen-bond donors (Lipinski definition) is 1. The molecule has 1 aromatic rings. The maximum Gasteiger partial charge on any atom is 0.335 e. The summed E-state index contributed by atoms with van der Waals surface area (Å²) in [6.07, 6.45) is 1.67. The van der Waals surface area contributed by atoms with Crippen molar-refractivity contribution in [3.63, 3.8) is 0 Å². The number of rotatable bonds is 7. The zero-order valence-electron chi connectivity index (χ0n) is 13.9. The first-order valence-corrected chi connectivity index (χ1v) is 8.06. The van der Waals surface area contributed by atoms with Crippen molar-refractivity contribution in [2.24, 2.45) is 0 Å². The predicted molar refractivity (Wildman–Crippen MR) is 88.4 cm³/mol. The minimum Gasteiger partial charge on any atom is -0.482 e. The molecular formula is C17H22N2O5. The highest BCUT2D eigenvalue weighted by Crippen LogP contribution is 2.33. The van der Waals surface area contributed by atoms with Gasteiger partial charge in [-0.3, -0.25) is 14.5 Å². The van der Waals surface area contributed by atoms with Crippen LogP contribution in [0.3, 0.4) is 0 Å². The van der Waals surface area contributed by atoms with Crippen LogP contribution in [0, 0.1) is 0 Å². The summed E-state index contributed by atoms with van der Waals surface area (Å²) in [6, 6.07) is 4.29. The number of aromatic carboxylic acids is 1. The third kappa shape index (κ3) is 3.84. The number of anilines is 1. The van der Waals surface area contributed by atoms with E-state index in [2.05, 4.69) is 0 Å². The molecule has 2 rings (SSSR count). The molecule has 0 radical (unpaired) electrons. The number of carbonyl (C=O) groups is 3. The SMILES string of the molecule is CCCN(CCC)C(=O)CN1C(=O)COc2ccc(C(=O)O)cc21. The van der Waals surface area contributed by atoms with Gasteiger partial charge in [0.05, 0.1) is 11.3 Å². The number of fused-ring (bicyclic) bond motifs is 1. The Labute approximate surface area is 140 Å². The average Bonchev–Trinajstić information content (AvgIpc) is 2.56. The van der Waals surface area contributed by atoms with E-state index in [1.165, 1.54) is 23.1 Å². The van der Waals surface area contributed by atoms with E-state index in [4.69, 9.17) is 9.84 Å². The van der Waals surface area contributed by atoms with Gasteiger partial charge in [0.2, 0.25) is 5.91 Å². The van der Waals surface area contributed by atoms with Crippen molar-refractivity contribution in [3.8, 4) is 5.75 Å². The van der Waals surface area contributed by atoms with Gasteiger partial charge in [0, 0.05) is 13.1 Å². The first kappa shape index (κ1) is 17.8. The Hall–Kier alpha value is -2.57. The highest BCUT2D eigenvalue weighted by Gasteiger charge is 2.29. The first-order valence-electron chi connectivity index (χ1n) is 8.06. The standard InChI is InChI=1S/C17H22N2O5/c1-3-7-18(8-4-2)15(20)10-19-13-9-12(17(22)23)5-6-14(13)24-11-16(19)21/h5-6,9H,3-4,7-8,10-11H2,1-2H3,(H,22,23). The molecule has 24 heavy (non-hydrogen) atoms. The fourth-order valence-corrected chi connectivity index (χ4v) is 2.64. The topological polar surface area (TPSA) is 87.2 Å². The highest BCUT2D eigenvalue weighted by molar-refractivity contribution is 6.03. The van der Waals surface area contributed by atoms with Crippen molar-refractivity contribution in [3.05, 3.63) is 23.8 Å². The van der Waals surface area contributed by atoms with Crippen molar-refractivity contribution in [2.75, 3.05) is 31.1 Å². The van der Waals surface area contributed by atoms with Crippen LogP contribution < -0.4 is 9.64 Å².